The molecule has 0 atom stereocenters. The Balaban J connectivity index is 2.00. The first-order valence-corrected chi connectivity index (χ1v) is 7.37. The highest BCUT2D eigenvalue weighted by molar-refractivity contribution is 5.46. The van der Waals surface area contributed by atoms with Gasteiger partial charge < -0.3 is 14.8 Å². The van der Waals surface area contributed by atoms with Gasteiger partial charge >= 0.3 is 0 Å². The second-order valence-electron chi connectivity index (χ2n) is 5.55. The molecular weight excluding hydrogens is 281 g/mol. The first-order chi connectivity index (χ1) is 10.6. The predicted octanol–water partition coefficient (Wildman–Crippen LogP) is 4.48. The number of methoxy groups -OCH3 is 1. The topological polar surface area (TPSA) is 30.5 Å². The molecule has 0 heterocycles. The van der Waals surface area contributed by atoms with E-state index in [0.29, 0.717) is 19.1 Å². The average molecular weight is 303 g/mol. The molecule has 22 heavy (non-hydrogen) atoms. The maximum Gasteiger partial charge on any atom is 0.161 e. The summed E-state index contributed by atoms with van der Waals surface area (Å²) in [6.45, 7) is 5.50. The van der Waals surface area contributed by atoms with Crippen LogP contribution in [0.2, 0.25) is 0 Å². The molecule has 0 aliphatic rings. The summed E-state index contributed by atoms with van der Waals surface area (Å²) in [4.78, 5) is 0. The molecule has 0 aromatic heterocycles. The number of ether oxygens (including phenoxy) is 2. The van der Waals surface area contributed by atoms with Gasteiger partial charge in [0.1, 0.15) is 5.82 Å². The van der Waals surface area contributed by atoms with Crippen molar-refractivity contribution in [3.05, 3.63) is 53.8 Å². The first-order valence-electron chi connectivity index (χ1n) is 7.37. The SMILES string of the molecule is COc1cc(CNc2ccc(F)cc2)ccc1OCC(C)C. The fraction of sp³-hybridized carbons (Fsp3) is 0.333. The molecule has 2 aromatic carbocycles. The molecule has 0 spiro atoms. The van der Waals surface area contributed by atoms with Crippen molar-refractivity contribution in [2.24, 2.45) is 5.92 Å². The molecule has 0 aliphatic heterocycles. The lowest BCUT2D eigenvalue weighted by Crippen LogP contribution is -2.06. The lowest BCUT2D eigenvalue weighted by atomic mass is 10.2. The van der Waals surface area contributed by atoms with E-state index < -0.39 is 0 Å². The van der Waals surface area contributed by atoms with Gasteiger partial charge in [0, 0.05) is 12.2 Å². The molecule has 2 aromatic rings. The zero-order valence-corrected chi connectivity index (χ0v) is 13.2. The highest BCUT2D eigenvalue weighted by atomic mass is 19.1. The summed E-state index contributed by atoms with van der Waals surface area (Å²) in [7, 11) is 1.63. The van der Waals surface area contributed by atoms with Crippen molar-refractivity contribution in [2.45, 2.75) is 20.4 Å². The molecular formula is C18H22FNO2. The van der Waals surface area contributed by atoms with Crippen LogP contribution in [0.25, 0.3) is 0 Å². The van der Waals surface area contributed by atoms with Crippen LogP contribution in [-0.2, 0) is 6.54 Å². The minimum atomic E-state index is -0.237. The fourth-order valence-corrected chi connectivity index (χ4v) is 1.97. The van der Waals surface area contributed by atoms with Crippen LogP contribution in [0, 0.1) is 11.7 Å². The summed E-state index contributed by atoms with van der Waals surface area (Å²) in [6, 6.07) is 12.2. The van der Waals surface area contributed by atoms with Gasteiger partial charge in [0.2, 0.25) is 0 Å². The van der Waals surface area contributed by atoms with Crippen LogP contribution >= 0.6 is 0 Å². The number of benzene rings is 2. The lowest BCUT2D eigenvalue weighted by Gasteiger charge is -2.14. The van der Waals surface area contributed by atoms with Gasteiger partial charge in [0.25, 0.3) is 0 Å². The highest BCUT2D eigenvalue weighted by Crippen LogP contribution is 2.28. The molecule has 0 saturated carbocycles. The van der Waals surface area contributed by atoms with Crippen molar-refractivity contribution in [1.82, 2.24) is 0 Å². The van der Waals surface area contributed by atoms with Crippen LogP contribution in [0.3, 0.4) is 0 Å². The lowest BCUT2D eigenvalue weighted by molar-refractivity contribution is 0.257. The van der Waals surface area contributed by atoms with Crippen LogP contribution in [0.15, 0.2) is 42.5 Å². The standard InChI is InChI=1S/C18H22FNO2/c1-13(2)12-22-17-9-4-14(10-18(17)21-3)11-20-16-7-5-15(19)6-8-16/h4-10,13,20H,11-12H2,1-3H3. The quantitative estimate of drug-likeness (QED) is 0.818. The van der Waals surface area contributed by atoms with E-state index in [2.05, 4.69) is 19.2 Å². The minimum absolute atomic E-state index is 0.237. The second kappa shape index (κ2) is 7.69. The van der Waals surface area contributed by atoms with E-state index in [1.165, 1.54) is 12.1 Å². The van der Waals surface area contributed by atoms with Gasteiger partial charge in [-0.3, -0.25) is 0 Å². The molecule has 2 rings (SSSR count). The third-order valence-corrected chi connectivity index (χ3v) is 3.14. The minimum Gasteiger partial charge on any atom is -0.493 e. The summed E-state index contributed by atoms with van der Waals surface area (Å²) in [5.41, 5.74) is 1.94. The van der Waals surface area contributed by atoms with Gasteiger partial charge in [-0.25, -0.2) is 4.39 Å². The van der Waals surface area contributed by atoms with Crippen LogP contribution in [0.4, 0.5) is 10.1 Å². The maximum atomic E-state index is 12.9. The molecule has 0 saturated heterocycles. The smallest absolute Gasteiger partial charge is 0.161 e. The Labute approximate surface area is 131 Å². The number of nitrogens with one attached hydrogen (secondary N) is 1. The van der Waals surface area contributed by atoms with Crippen molar-refractivity contribution in [2.75, 3.05) is 19.0 Å². The number of hydrogen-bond donors (Lipinski definition) is 1. The van der Waals surface area contributed by atoms with Gasteiger partial charge in [-0.15, -0.1) is 0 Å². The Morgan fingerprint density at radius 3 is 2.41 bits per heavy atom. The third-order valence-electron chi connectivity index (χ3n) is 3.14. The second-order valence-corrected chi connectivity index (χ2v) is 5.55. The fourth-order valence-electron chi connectivity index (χ4n) is 1.97. The number of anilines is 1. The van der Waals surface area contributed by atoms with E-state index in [1.807, 2.05) is 18.2 Å². The van der Waals surface area contributed by atoms with Gasteiger partial charge in [0.05, 0.1) is 13.7 Å². The first kappa shape index (κ1) is 16.1. The van der Waals surface area contributed by atoms with Crippen LogP contribution in [0.1, 0.15) is 19.4 Å². The van der Waals surface area contributed by atoms with Crippen LogP contribution in [0.5, 0.6) is 11.5 Å². The monoisotopic (exact) mass is 303 g/mol. The van der Waals surface area contributed by atoms with Crippen molar-refractivity contribution >= 4 is 5.69 Å². The van der Waals surface area contributed by atoms with E-state index in [0.717, 1.165) is 22.7 Å². The van der Waals surface area contributed by atoms with Crippen molar-refractivity contribution in [3.8, 4) is 11.5 Å². The van der Waals surface area contributed by atoms with Crippen LogP contribution in [-0.4, -0.2) is 13.7 Å². The van der Waals surface area contributed by atoms with E-state index in [-0.39, 0.29) is 5.82 Å². The Morgan fingerprint density at radius 1 is 1.05 bits per heavy atom. The molecule has 4 heteroatoms. The van der Waals surface area contributed by atoms with E-state index in [9.17, 15) is 4.39 Å². The Morgan fingerprint density at radius 2 is 1.77 bits per heavy atom. The predicted molar refractivity (Wildman–Crippen MR) is 87.1 cm³/mol. The normalized spacial score (nSPS) is 10.6. The number of halogens is 1. The average Bonchev–Trinajstić information content (AvgIpc) is 2.52. The van der Waals surface area contributed by atoms with Crippen molar-refractivity contribution < 1.29 is 13.9 Å². The van der Waals surface area contributed by atoms with Gasteiger partial charge in [0.15, 0.2) is 11.5 Å². The molecule has 0 aliphatic carbocycles. The molecule has 0 unspecified atom stereocenters. The summed E-state index contributed by atoms with van der Waals surface area (Å²) in [6.07, 6.45) is 0. The molecule has 3 nitrogen and oxygen atoms in total. The summed E-state index contributed by atoms with van der Waals surface area (Å²) in [5.74, 6) is 1.70. The van der Waals surface area contributed by atoms with Gasteiger partial charge in [-0.05, 0) is 47.9 Å². The van der Waals surface area contributed by atoms with Gasteiger partial charge in [-0.2, -0.15) is 0 Å². The van der Waals surface area contributed by atoms with Crippen LogP contribution < -0.4 is 14.8 Å². The molecule has 0 bridgehead atoms. The summed E-state index contributed by atoms with van der Waals surface area (Å²) in [5, 5.41) is 3.25. The summed E-state index contributed by atoms with van der Waals surface area (Å²) >= 11 is 0. The van der Waals surface area contributed by atoms with E-state index in [4.69, 9.17) is 9.47 Å². The molecule has 0 amide bonds. The zero-order valence-electron chi connectivity index (χ0n) is 13.2. The zero-order chi connectivity index (χ0) is 15.9. The molecule has 0 fully saturated rings. The Hall–Kier alpha value is -2.23. The van der Waals surface area contributed by atoms with Crippen molar-refractivity contribution in [3.63, 3.8) is 0 Å². The number of hydrogen-bond acceptors (Lipinski definition) is 3. The Bertz CT molecular complexity index is 597. The molecule has 118 valence electrons. The van der Waals surface area contributed by atoms with E-state index in [1.54, 1.807) is 19.2 Å². The number of rotatable bonds is 7. The maximum absolute atomic E-state index is 12.9. The van der Waals surface area contributed by atoms with Gasteiger partial charge in [-0.1, -0.05) is 19.9 Å². The largest absolute Gasteiger partial charge is 0.493 e. The Kier molecular flexibility index (Phi) is 5.64. The highest BCUT2D eigenvalue weighted by Gasteiger charge is 2.07. The van der Waals surface area contributed by atoms with Crippen molar-refractivity contribution in [1.29, 1.82) is 0 Å². The summed E-state index contributed by atoms with van der Waals surface area (Å²) < 4.78 is 24.0. The molecule has 1 N–H and O–H groups in total. The molecule has 0 radical (unpaired) electrons. The third kappa shape index (κ3) is 4.65. The van der Waals surface area contributed by atoms with E-state index >= 15 is 0 Å².